The number of carbonyl (C=O) groups is 4. The zero-order valence-electron chi connectivity index (χ0n) is 63.9. The van der Waals surface area contributed by atoms with Gasteiger partial charge in [0.15, 0.2) is 12.2 Å². The van der Waals surface area contributed by atoms with E-state index in [0.29, 0.717) is 25.7 Å². The molecule has 0 spiro atoms. The minimum atomic E-state index is -4.96. The van der Waals surface area contributed by atoms with Crippen molar-refractivity contribution < 1.29 is 80.2 Å². The molecule has 98 heavy (non-hydrogen) atoms. The first-order valence-corrected chi connectivity index (χ1v) is 44.1. The minimum absolute atomic E-state index is 0.107. The molecule has 0 aliphatic carbocycles. The molecule has 0 aromatic carbocycles. The molecule has 0 saturated carbocycles. The van der Waals surface area contributed by atoms with Crippen molar-refractivity contribution in [2.45, 2.75) is 438 Å². The van der Waals surface area contributed by atoms with Gasteiger partial charge in [0.2, 0.25) is 0 Å². The molecule has 2 unspecified atom stereocenters. The van der Waals surface area contributed by atoms with E-state index in [1.807, 2.05) is 0 Å². The number of esters is 4. The quantitative estimate of drug-likeness (QED) is 0.0222. The number of carbonyl (C=O) groups excluding carboxylic acids is 4. The Morgan fingerprint density at radius 2 is 0.469 bits per heavy atom. The molecular weight excluding hydrogens is 1280 g/mol. The number of phosphoric ester groups is 2. The van der Waals surface area contributed by atoms with Crippen molar-refractivity contribution in [2.24, 2.45) is 5.92 Å². The molecular formula is C79H154O17P2. The Morgan fingerprint density at radius 3 is 0.694 bits per heavy atom. The fourth-order valence-corrected chi connectivity index (χ4v) is 13.8. The number of ether oxygens (including phenoxy) is 4. The van der Waals surface area contributed by atoms with Crippen molar-refractivity contribution in [3.63, 3.8) is 0 Å². The molecule has 3 N–H and O–H groups in total. The average molecular weight is 1440 g/mol. The molecule has 0 rings (SSSR count). The van der Waals surface area contributed by atoms with Crippen molar-refractivity contribution in [3.8, 4) is 0 Å². The summed E-state index contributed by atoms with van der Waals surface area (Å²) in [6, 6.07) is 0. The topological polar surface area (TPSA) is 237 Å². The van der Waals surface area contributed by atoms with Crippen LogP contribution >= 0.6 is 15.6 Å². The van der Waals surface area contributed by atoms with Gasteiger partial charge >= 0.3 is 39.5 Å². The number of phosphoric acid groups is 2. The molecule has 0 aromatic rings. The summed E-state index contributed by atoms with van der Waals surface area (Å²) in [4.78, 5) is 72.7. The Morgan fingerprint density at radius 1 is 0.276 bits per heavy atom. The van der Waals surface area contributed by atoms with E-state index in [0.717, 1.165) is 109 Å². The van der Waals surface area contributed by atoms with Gasteiger partial charge in [0.25, 0.3) is 0 Å². The Balaban J connectivity index is 5.14. The SMILES string of the molecule is CCCCCCCCCCCCCCCCCCCCCCCCC(=O)O[C@H](COC(=O)CCCCCCCCCCCCCCCCCC(C)C)COP(=O)(O)OC[C@@H](O)COP(=O)(O)OC[C@@H](COC(=O)CCCCCCCCC)OC(=O)CCCCCCCCCCCCC. The standard InChI is InChI=1S/C79H154O17P2/c1-6-9-12-15-18-20-22-23-24-25-26-27-28-29-30-33-37-41-45-50-55-60-65-79(84)96-75(69-90-77(82)63-58-53-48-43-40-36-34-31-32-35-39-42-47-51-56-61-72(4)5)71-94-98(87,88)92-67-73(80)66-91-97(85,86)93-70-74(68-89-76(81)62-57-52-46-17-14-11-8-3)95-78(83)64-59-54-49-44-38-21-19-16-13-10-7-2/h72-75,80H,6-71H2,1-5H3,(H,85,86)(H,87,88)/t73-,74+,75+/m0/s1. The van der Waals surface area contributed by atoms with Gasteiger partial charge in [-0.05, 0) is 31.6 Å². The molecule has 5 atom stereocenters. The van der Waals surface area contributed by atoms with E-state index in [-0.39, 0.29) is 25.7 Å². The van der Waals surface area contributed by atoms with E-state index in [1.165, 1.54) is 231 Å². The maximum atomic E-state index is 13.1. The fourth-order valence-electron chi connectivity index (χ4n) is 12.2. The lowest BCUT2D eigenvalue weighted by Gasteiger charge is -2.21. The van der Waals surface area contributed by atoms with Crippen molar-refractivity contribution in [1.82, 2.24) is 0 Å². The molecule has 582 valence electrons. The molecule has 0 aliphatic rings. The molecule has 0 aliphatic heterocycles. The highest BCUT2D eigenvalue weighted by Crippen LogP contribution is 2.45. The van der Waals surface area contributed by atoms with Gasteiger partial charge in [0.1, 0.15) is 19.3 Å². The lowest BCUT2D eigenvalue weighted by molar-refractivity contribution is -0.161. The number of unbranched alkanes of at least 4 members (excludes halogenated alkanes) is 51. The Kier molecular flexibility index (Phi) is 70.6. The first-order valence-electron chi connectivity index (χ1n) is 41.1. The highest BCUT2D eigenvalue weighted by molar-refractivity contribution is 7.47. The molecule has 0 heterocycles. The number of rotatable bonds is 79. The lowest BCUT2D eigenvalue weighted by atomic mass is 10.0. The smallest absolute Gasteiger partial charge is 0.462 e. The summed E-state index contributed by atoms with van der Waals surface area (Å²) in [5, 5.41) is 10.6. The van der Waals surface area contributed by atoms with E-state index >= 15 is 0 Å². The van der Waals surface area contributed by atoms with Crippen molar-refractivity contribution in [3.05, 3.63) is 0 Å². The van der Waals surface area contributed by atoms with Crippen LogP contribution in [0.3, 0.4) is 0 Å². The first kappa shape index (κ1) is 96.1. The maximum Gasteiger partial charge on any atom is 0.472 e. The van der Waals surface area contributed by atoms with Crippen LogP contribution in [0.1, 0.15) is 420 Å². The monoisotopic (exact) mass is 1440 g/mol. The van der Waals surface area contributed by atoms with Crippen LogP contribution in [-0.2, 0) is 65.4 Å². The Hall–Kier alpha value is -1.94. The number of aliphatic hydroxyl groups is 1. The average Bonchev–Trinajstić information content (AvgIpc) is 1.01. The third-order valence-corrected chi connectivity index (χ3v) is 20.4. The summed E-state index contributed by atoms with van der Waals surface area (Å²) in [6.07, 6.45) is 62.7. The third kappa shape index (κ3) is 72.4. The van der Waals surface area contributed by atoms with E-state index in [1.54, 1.807) is 0 Å². The molecule has 0 fully saturated rings. The summed E-state index contributed by atoms with van der Waals surface area (Å²) in [5.41, 5.74) is 0. The molecule has 0 radical (unpaired) electrons. The second-order valence-corrected chi connectivity index (χ2v) is 31.8. The normalized spacial score (nSPS) is 13.9. The molecule has 0 bridgehead atoms. The summed E-state index contributed by atoms with van der Waals surface area (Å²) >= 11 is 0. The van der Waals surface area contributed by atoms with Gasteiger partial charge in [-0.15, -0.1) is 0 Å². The number of hydrogen-bond donors (Lipinski definition) is 3. The minimum Gasteiger partial charge on any atom is -0.462 e. The second kappa shape index (κ2) is 72.0. The summed E-state index contributed by atoms with van der Waals surface area (Å²) < 4.78 is 68.5. The lowest BCUT2D eigenvalue weighted by Crippen LogP contribution is -2.30. The zero-order chi connectivity index (χ0) is 71.9. The zero-order valence-corrected chi connectivity index (χ0v) is 65.7. The summed E-state index contributed by atoms with van der Waals surface area (Å²) in [5.74, 6) is -1.31. The molecule has 0 amide bonds. The van der Waals surface area contributed by atoms with Gasteiger partial charge in [-0.25, -0.2) is 9.13 Å². The van der Waals surface area contributed by atoms with Crippen LogP contribution in [0.25, 0.3) is 0 Å². The van der Waals surface area contributed by atoms with E-state index < -0.39 is 97.5 Å². The van der Waals surface area contributed by atoms with Crippen LogP contribution in [-0.4, -0.2) is 96.7 Å². The van der Waals surface area contributed by atoms with Gasteiger partial charge in [-0.1, -0.05) is 369 Å². The van der Waals surface area contributed by atoms with Crippen molar-refractivity contribution >= 4 is 39.5 Å². The molecule has 19 heteroatoms. The van der Waals surface area contributed by atoms with Crippen molar-refractivity contribution in [2.75, 3.05) is 39.6 Å². The largest absolute Gasteiger partial charge is 0.472 e. The summed E-state index contributed by atoms with van der Waals surface area (Å²) in [7, 11) is -9.91. The van der Waals surface area contributed by atoms with Crippen LogP contribution in [0.2, 0.25) is 0 Å². The first-order chi connectivity index (χ1) is 47.5. The predicted molar refractivity (Wildman–Crippen MR) is 400 cm³/mol. The predicted octanol–water partition coefficient (Wildman–Crippen LogP) is 23.6. The highest BCUT2D eigenvalue weighted by atomic mass is 31.2. The molecule has 17 nitrogen and oxygen atoms in total. The van der Waals surface area contributed by atoms with E-state index in [9.17, 15) is 43.2 Å². The van der Waals surface area contributed by atoms with Gasteiger partial charge in [-0.3, -0.25) is 37.3 Å². The molecule has 0 aromatic heterocycles. The number of hydrogen-bond acceptors (Lipinski definition) is 15. The molecule has 0 saturated heterocycles. The maximum absolute atomic E-state index is 13.1. The summed E-state index contributed by atoms with van der Waals surface area (Å²) in [6.45, 7) is 7.29. The van der Waals surface area contributed by atoms with Gasteiger partial charge in [0, 0.05) is 25.7 Å². The van der Waals surface area contributed by atoms with Crippen LogP contribution in [0.4, 0.5) is 0 Å². The van der Waals surface area contributed by atoms with Crippen LogP contribution < -0.4 is 0 Å². The third-order valence-electron chi connectivity index (χ3n) is 18.5. The van der Waals surface area contributed by atoms with Gasteiger partial charge in [0.05, 0.1) is 26.4 Å². The van der Waals surface area contributed by atoms with Crippen molar-refractivity contribution in [1.29, 1.82) is 0 Å². The number of aliphatic hydroxyl groups excluding tert-OH is 1. The van der Waals surface area contributed by atoms with Crippen LogP contribution in [0, 0.1) is 5.92 Å². The Bertz CT molecular complexity index is 1870. The van der Waals surface area contributed by atoms with E-state index in [4.69, 9.17) is 37.0 Å². The van der Waals surface area contributed by atoms with Gasteiger partial charge in [-0.2, -0.15) is 0 Å². The fraction of sp³-hybridized carbons (Fsp3) is 0.949. The second-order valence-electron chi connectivity index (χ2n) is 28.9. The Labute approximate surface area is 600 Å². The van der Waals surface area contributed by atoms with Crippen LogP contribution in [0.5, 0.6) is 0 Å². The van der Waals surface area contributed by atoms with Crippen LogP contribution in [0.15, 0.2) is 0 Å². The van der Waals surface area contributed by atoms with E-state index in [2.05, 4.69) is 34.6 Å². The van der Waals surface area contributed by atoms with Gasteiger partial charge < -0.3 is 33.8 Å². The highest BCUT2D eigenvalue weighted by Gasteiger charge is 2.30.